The molecule has 1 saturated carbocycles. The monoisotopic (exact) mass is 135 g/mol. The predicted molar refractivity (Wildman–Crippen MR) is 30.7 cm³/mol. The van der Waals surface area contributed by atoms with Gasteiger partial charge in [-0.1, -0.05) is 0 Å². The Bertz CT molecular complexity index is 168. The summed E-state index contributed by atoms with van der Waals surface area (Å²) < 4.78 is 20.5. The maximum atomic E-state index is 10.3. The Labute approximate surface area is 48.9 Å². The van der Waals surface area contributed by atoms with Crippen LogP contribution in [0.15, 0.2) is 0 Å². The number of hydrogen-bond donors (Lipinski definition) is 1. The van der Waals surface area contributed by atoms with Crippen LogP contribution in [0.25, 0.3) is 0 Å². The lowest BCUT2D eigenvalue weighted by molar-refractivity contribution is 0.594. The lowest BCUT2D eigenvalue weighted by Gasteiger charge is -1.89. The van der Waals surface area contributed by atoms with Crippen LogP contribution in [0.4, 0.5) is 0 Å². The highest BCUT2D eigenvalue weighted by molar-refractivity contribution is 7.89. The van der Waals surface area contributed by atoms with Gasteiger partial charge in [-0.2, -0.15) is 0 Å². The fourth-order valence-electron chi connectivity index (χ4n) is 0.613. The maximum absolute atomic E-state index is 10.3. The highest BCUT2D eigenvalue weighted by Crippen LogP contribution is 2.29. The van der Waals surface area contributed by atoms with Crippen LogP contribution in [0.2, 0.25) is 0 Å². The molecule has 0 aliphatic heterocycles. The fraction of sp³-hybridized carbons (Fsp3) is 1.00. The van der Waals surface area contributed by atoms with E-state index in [-0.39, 0.29) is 5.75 Å². The summed E-state index contributed by atoms with van der Waals surface area (Å²) in [4.78, 5) is 0. The van der Waals surface area contributed by atoms with Crippen LogP contribution in [0.3, 0.4) is 0 Å². The minimum Gasteiger partial charge on any atom is -0.229 e. The zero-order chi connectivity index (χ0) is 6.20. The molecule has 0 radical (unpaired) electrons. The van der Waals surface area contributed by atoms with Crippen molar-refractivity contribution in [1.29, 1.82) is 0 Å². The molecule has 0 aromatic heterocycles. The van der Waals surface area contributed by atoms with E-state index >= 15 is 0 Å². The third kappa shape index (κ3) is 2.28. The number of nitrogens with two attached hydrogens (primary N) is 1. The molecule has 0 spiro atoms. The van der Waals surface area contributed by atoms with Gasteiger partial charge in [0.15, 0.2) is 0 Å². The summed E-state index contributed by atoms with van der Waals surface area (Å²) >= 11 is 0. The van der Waals surface area contributed by atoms with Gasteiger partial charge in [0.25, 0.3) is 0 Å². The van der Waals surface area contributed by atoms with Gasteiger partial charge in [0, 0.05) is 0 Å². The molecule has 1 aliphatic rings. The van der Waals surface area contributed by atoms with Crippen molar-refractivity contribution in [2.24, 2.45) is 11.1 Å². The van der Waals surface area contributed by atoms with Gasteiger partial charge in [-0.3, -0.25) is 0 Å². The van der Waals surface area contributed by atoms with E-state index in [2.05, 4.69) is 0 Å². The first-order valence-electron chi connectivity index (χ1n) is 2.58. The molecule has 0 amide bonds. The Morgan fingerprint density at radius 2 is 2.00 bits per heavy atom. The van der Waals surface area contributed by atoms with Gasteiger partial charge in [0.2, 0.25) is 10.0 Å². The predicted octanol–water partition coefficient (Wildman–Crippen LogP) is -0.315. The van der Waals surface area contributed by atoms with E-state index in [0.717, 1.165) is 12.8 Å². The van der Waals surface area contributed by atoms with Gasteiger partial charge in [-0.25, -0.2) is 13.6 Å². The Morgan fingerprint density at radius 1 is 1.50 bits per heavy atom. The molecule has 0 heterocycles. The molecule has 0 aromatic rings. The second kappa shape index (κ2) is 1.70. The fourth-order valence-corrected chi connectivity index (χ4v) is 1.60. The van der Waals surface area contributed by atoms with Crippen LogP contribution in [0, 0.1) is 5.92 Å². The number of rotatable bonds is 2. The Kier molecular flexibility index (Phi) is 1.28. The summed E-state index contributed by atoms with van der Waals surface area (Å²) in [5.74, 6) is 0.567. The number of hydrogen-bond acceptors (Lipinski definition) is 2. The van der Waals surface area contributed by atoms with Crippen LogP contribution >= 0.6 is 0 Å². The maximum Gasteiger partial charge on any atom is 0.209 e. The first kappa shape index (κ1) is 6.04. The molecule has 2 N–H and O–H groups in total. The van der Waals surface area contributed by atoms with Gasteiger partial charge in [0.1, 0.15) is 0 Å². The Hall–Kier alpha value is -0.0900. The van der Waals surface area contributed by atoms with Crippen molar-refractivity contribution in [3.8, 4) is 0 Å². The summed E-state index contributed by atoms with van der Waals surface area (Å²) in [7, 11) is -3.16. The number of sulfonamides is 1. The van der Waals surface area contributed by atoms with E-state index < -0.39 is 10.0 Å². The molecule has 0 aromatic carbocycles. The van der Waals surface area contributed by atoms with Crippen molar-refractivity contribution in [3.05, 3.63) is 0 Å². The standard InChI is InChI=1S/C4H9NO2S/c5-8(6,7)3-4-1-2-4/h4H,1-3H2,(H2,5,6,7). The summed E-state index contributed by atoms with van der Waals surface area (Å²) in [5, 5.41) is 4.75. The molecule has 0 saturated heterocycles. The van der Waals surface area contributed by atoms with Crippen LogP contribution in [0.5, 0.6) is 0 Å². The van der Waals surface area contributed by atoms with Crippen LogP contribution in [0.1, 0.15) is 12.8 Å². The van der Waals surface area contributed by atoms with Gasteiger partial charge in [0.05, 0.1) is 5.75 Å². The molecule has 1 fully saturated rings. The highest BCUT2D eigenvalue weighted by Gasteiger charge is 2.25. The van der Waals surface area contributed by atoms with Crippen molar-refractivity contribution in [2.75, 3.05) is 5.75 Å². The van der Waals surface area contributed by atoms with Crippen LogP contribution in [-0.4, -0.2) is 14.2 Å². The lowest BCUT2D eigenvalue weighted by Crippen LogP contribution is -2.17. The third-order valence-corrected chi connectivity index (χ3v) is 2.10. The van der Waals surface area contributed by atoms with Gasteiger partial charge in [-0.05, 0) is 18.8 Å². The first-order chi connectivity index (χ1) is 3.58. The van der Waals surface area contributed by atoms with E-state index in [9.17, 15) is 8.42 Å². The smallest absolute Gasteiger partial charge is 0.209 e. The SMILES string of the molecule is NS(=O)(=O)CC1CC1. The van der Waals surface area contributed by atoms with E-state index in [1.54, 1.807) is 0 Å². The lowest BCUT2D eigenvalue weighted by atomic mass is 10.5. The van der Waals surface area contributed by atoms with Crippen molar-refractivity contribution in [3.63, 3.8) is 0 Å². The zero-order valence-corrected chi connectivity index (χ0v) is 5.32. The Balaban J connectivity index is 2.38. The van der Waals surface area contributed by atoms with E-state index in [1.165, 1.54) is 0 Å². The van der Waals surface area contributed by atoms with Gasteiger partial charge < -0.3 is 0 Å². The summed E-state index contributed by atoms with van der Waals surface area (Å²) in [5.41, 5.74) is 0. The van der Waals surface area contributed by atoms with Crippen molar-refractivity contribution >= 4 is 10.0 Å². The zero-order valence-electron chi connectivity index (χ0n) is 4.50. The summed E-state index contributed by atoms with van der Waals surface area (Å²) in [6, 6.07) is 0. The Morgan fingerprint density at radius 3 is 2.12 bits per heavy atom. The minimum absolute atomic E-state index is 0.188. The normalized spacial score (nSPS) is 21.1. The van der Waals surface area contributed by atoms with Crippen molar-refractivity contribution < 1.29 is 8.42 Å². The largest absolute Gasteiger partial charge is 0.229 e. The second-order valence-electron chi connectivity index (χ2n) is 2.27. The van der Waals surface area contributed by atoms with E-state index in [1.807, 2.05) is 0 Å². The summed E-state index contributed by atoms with van der Waals surface area (Å²) in [6.07, 6.45) is 2.08. The minimum atomic E-state index is -3.16. The van der Waals surface area contributed by atoms with Crippen molar-refractivity contribution in [1.82, 2.24) is 0 Å². The molecule has 0 atom stereocenters. The third-order valence-electron chi connectivity index (χ3n) is 1.16. The van der Waals surface area contributed by atoms with Gasteiger partial charge >= 0.3 is 0 Å². The molecule has 3 nitrogen and oxygen atoms in total. The molecule has 4 heteroatoms. The molecule has 0 unspecified atom stereocenters. The highest BCUT2D eigenvalue weighted by atomic mass is 32.2. The average Bonchev–Trinajstić information content (AvgIpc) is 2.12. The topological polar surface area (TPSA) is 60.2 Å². The molecule has 48 valence electrons. The van der Waals surface area contributed by atoms with Crippen molar-refractivity contribution in [2.45, 2.75) is 12.8 Å². The summed E-state index contributed by atoms with van der Waals surface area (Å²) in [6.45, 7) is 0. The number of primary sulfonamides is 1. The quantitative estimate of drug-likeness (QED) is 0.564. The van der Waals surface area contributed by atoms with E-state index in [4.69, 9.17) is 5.14 Å². The average molecular weight is 135 g/mol. The van der Waals surface area contributed by atoms with Crippen LogP contribution < -0.4 is 5.14 Å². The second-order valence-corrected chi connectivity index (χ2v) is 3.93. The molecular formula is C4H9NO2S. The molecule has 8 heavy (non-hydrogen) atoms. The molecule has 1 rings (SSSR count). The van der Waals surface area contributed by atoms with Gasteiger partial charge in [-0.15, -0.1) is 0 Å². The van der Waals surface area contributed by atoms with E-state index in [0.29, 0.717) is 5.92 Å². The van der Waals surface area contributed by atoms with Crippen LogP contribution in [-0.2, 0) is 10.0 Å². The molecule has 1 aliphatic carbocycles. The molecular weight excluding hydrogens is 126 g/mol. The first-order valence-corrected chi connectivity index (χ1v) is 4.30. The molecule has 0 bridgehead atoms.